The summed E-state index contributed by atoms with van der Waals surface area (Å²) in [4.78, 5) is 39.2. The maximum Gasteiger partial charge on any atom is 0.341 e. The highest BCUT2D eigenvalue weighted by atomic mass is 16.5. The van der Waals surface area contributed by atoms with Crippen LogP contribution in [0.15, 0.2) is 47.1 Å². The van der Waals surface area contributed by atoms with E-state index in [1.807, 2.05) is 0 Å². The molecule has 2 aromatic rings. The summed E-state index contributed by atoms with van der Waals surface area (Å²) in [6.45, 7) is 2.96. The SMILES string of the molecule is C[C@@H](OC(=O)c1ccccc1NC(=O)c1ccco1)C(=O)N1CCCCCC1. The molecule has 1 fully saturated rings. The molecule has 1 aromatic heterocycles. The fourth-order valence-corrected chi connectivity index (χ4v) is 3.18. The van der Waals surface area contributed by atoms with E-state index in [0.29, 0.717) is 18.8 Å². The van der Waals surface area contributed by atoms with Crippen molar-refractivity contribution >= 4 is 23.5 Å². The Kier molecular flexibility index (Phi) is 6.47. The Hall–Kier alpha value is -3.09. The van der Waals surface area contributed by atoms with Crippen molar-refractivity contribution in [2.75, 3.05) is 18.4 Å². The first-order valence-corrected chi connectivity index (χ1v) is 9.50. The summed E-state index contributed by atoms with van der Waals surface area (Å²) in [7, 11) is 0. The largest absolute Gasteiger partial charge is 0.459 e. The molecular formula is C21H24N2O5. The summed E-state index contributed by atoms with van der Waals surface area (Å²) in [5.74, 6) is -1.19. The Balaban J connectivity index is 1.66. The van der Waals surface area contributed by atoms with Crippen LogP contribution in [0.3, 0.4) is 0 Å². The van der Waals surface area contributed by atoms with Crippen molar-refractivity contribution in [3.8, 4) is 0 Å². The van der Waals surface area contributed by atoms with Crippen molar-refractivity contribution in [3.05, 3.63) is 54.0 Å². The molecule has 0 aliphatic carbocycles. The molecule has 1 aliphatic heterocycles. The number of hydrogen-bond donors (Lipinski definition) is 1. The predicted octanol–water partition coefficient (Wildman–Crippen LogP) is 3.48. The van der Waals surface area contributed by atoms with Crippen molar-refractivity contribution in [2.24, 2.45) is 0 Å². The van der Waals surface area contributed by atoms with Gasteiger partial charge >= 0.3 is 5.97 Å². The Morgan fingerprint density at radius 3 is 2.43 bits per heavy atom. The van der Waals surface area contributed by atoms with Gasteiger partial charge in [0.2, 0.25) is 0 Å². The third-order valence-electron chi connectivity index (χ3n) is 4.69. The number of rotatable bonds is 5. The van der Waals surface area contributed by atoms with Crippen LogP contribution in [0.5, 0.6) is 0 Å². The average molecular weight is 384 g/mol. The predicted molar refractivity (Wildman–Crippen MR) is 103 cm³/mol. The molecule has 2 amide bonds. The molecule has 1 atom stereocenters. The number of nitrogens with one attached hydrogen (secondary N) is 1. The lowest BCUT2D eigenvalue weighted by atomic mass is 10.1. The molecule has 1 saturated heterocycles. The number of likely N-dealkylation sites (tertiary alicyclic amines) is 1. The van der Waals surface area contributed by atoms with Crippen LogP contribution in [0.25, 0.3) is 0 Å². The van der Waals surface area contributed by atoms with Gasteiger partial charge in [-0.15, -0.1) is 0 Å². The Labute approximate surface area is 163 Å². The number of amides is 2. The smallest absolute Gasteiger partial charge is 0.341 e. The van der Waals surface area contributed by atoms with Crippen LogP contribution in [-0.2, 0) is 9.53 Å². The fourth-order valence-electron chi connectivity index (χ4n) is 3.18. The average Bonchev–Trinajstić information content (AvgIpc) is 3.10. The van der Waals surface area contributed by atoms with Gasteiger partial charge in [-0.1, -0.05) is 25.0 Å². The first-order valence-electron chi connectivity index (χ1n) is 9.50. The monoisotopic (exact) mass is 384 g/mol. The van der Waals surface area contributed by atoms with Gasteiger partial charge < -0.3 is 19.4 Å². The van der Waals surface area contributed by atoms with E-state index < -0.39 is 18.0 Å². The fraction of sp³-hybridized carbons (Fsp3) is 0.381. The molecule has 2 heterocycles. The summed E-state index contributed by atoms with van der Waals surface area (Å²) in [6.07, 6.45) is 4.66. The van der Waals surface area contributed by atoms with Gasteiger partial charge in [0.1, 0.15) is 0 Å². The lowest BCUT2D eigenvalue weighted by Gasteiger charge is -2.24. The van der Waals surface area contributed by atoms with Gasteiger partial charge in [-0.05, 0) is 44.0 Å². The summed E-state index contributed by atoms with van der Waals surface area (Å²) in [5.41, 5.74) is 0.473. The van der Waals surface area contributed by atoms with Crippen molar-refractivity contribution in [3.63, 3.8) is 0 Å². The van der Waals surface area contributed by atoms with Gasteiger partial charge in [-0.25, -0.2) is 4.79 Å². The number of ether oxygens (including phenoxy) is 1. The molecule has 1 aliphatic rings. The first-order chi connectivity index (χ1) is 13.6. The van der Waals surface area contributed by atoms with Gasteiger partial charge in [0, 0.05) is 13.1 Å². The Bertz CT molecular complexity index is 823. The van der Waals surface area contributed by atoms with Crippen molar-refractivity contribution in [1.82, 2.24) is 4.90 Å². The highest BCUT2D eigenvalue weighted by Gasteiger charge is 2.26. The van der Waals surface area contributed by atoms with E-state index in [1.54, 1.807) is 42.2 Å². The number of furan rings is 1. The lowest BCUT2D eigenvalue weighted by molar-refractivity contribution is -0.139. The number of benzene rings is 1. The van der Waals surface area contributed by atoms with Crippen LogP contribution in [0.2, 0.25) is 0 Å². The van der Waals surface area contributed by atoms with E-state index in [4.69, 9.17) is 9.15 Å². The molecule has 148 valence electrons. The van der Waals surface area contributed by atoms with Crippen LogP contribution >= 0.6 is 0 Å². The lowest BCUT2D eigenvalue weighted by Crippen LogP contribution is -2.40. The van der Waals surface area contributed by atoms with E-state index in [1.165, 1.54) is 12.3 Å². The van der Waals surface area contributed by atoms with Gasteiger partial charge in [-0.2, -0.15) is 0 Å². The number of anilines is 1. The normalized spacial score (nSPS) is 15.4. The highest BCUT2D eigenvalue weighted by Crippen LogP contribution is 2.19. The standard InChI is InChI=1S/C21H24N2O5/c1-15(20(25)23-12-6-2-3-7-13-23)28-21(26)16-9-4-5-10-17(16)22-19(24)18-11-8-14-27-18/h4-5,8-11,14-15H,2-3,6-7,12-13H2,1H3,(H,22,24)/t15-/m1/s1. The number of hydrogen-bond acceptors (Lipinski definition) is 5. The minimum Gasteiger partial charge on any atom is -0.459 e. The minimum atomic E-state index is -0.889. The molecule has 0 unspecified atom stereocenters. The van der Waals surface area contributed by atoms with Crippen LogP contribution < -0.4 is 5.32 Å². The maximum absolute atomic E-state index is 12.6. The Morgan fingerprint density at radius 2 is 1.75 bits per heavy atom. The zero-order valence-electron chi connectivity index (χ0n) is 15.8. The molecule has 7 heteroatoms. The summed E-state index contributed by atoms with van der Waals surface area (Å²) in [6, 6.07) is 9.63. The molecule has 0 spiro atoms. The molecule has 7 nitrogen and oxygen atoms in total. The van der Waals surface area contributed by atoms with Gasteiger partial charge in [0.25, 0.3) is 11.8 Å². The van der Waals surface area contributed by atoms with Crippen LogP contribution in [0.4, 0.5) is 5.69 Å². The molecule has 0 radical (unpaired) electrons. The second-order valence-corrected chi connectivity index (χ2v) is 6.76. The summed E-state index contributed by atoms with van der Waals surface area (Å²) >= 11 is 0. The molecule has 3 rings (SSSR count). The minimum absolute atomic E-state index is 0.132. The third kappa shape index (κ3) is 4.79. The molecule has 28 heavy (non-hydrogen) atoms. The highest BCUT2D eigenvalue weighted by molar-refractivity contribution is 6.06. The second-order valence-electron chi connectivity index (χ2n) is 6.76. The quantitative estimate of drug-likeness (QED) is 0.797. The summed E-state index contributed by atoms with van der Waals surface area (Å²) in [5, 5.41) is 2.64. The van der Waals surface area contributed by atoms with Crippen molar-refractivity contribution in [2.45, 2.75) is 38.7 Å². The molecular weight excluding hydrogens is 360 g/mol. The van der Waals surface area contributed by atoms with E-state index in [2.05, 4.69) is 5.32 Å². The van der Waals surface area contributed by atoms with Gasteiger partial charge in [-0.3, -0.25) is 9.59 Å². The van der Waals surface area contributed by atoms with E-state index >= 15 is 0 Å². The van der Waals surface area contributed by atoms with Crippen LogP contribution in [0, 0.1) is 0 Å². The molecule has 1 aromatic carbocycles. The zero-order chi connectivity index (χ0) is 19.9. The number of nitrogens with zero attached hydrogens (tertiary/aromatic N) is 1. The van der Waals surface area contributed by atoms with E-state index in [9.17, 15) is 14.4 Å². The molecule has 0 saturated carbocycles. The second kappa shape index (κ2) is 9.21. The van der Waals surface area contributed by atoms with E-state index in [-0.39, 0.29) is 17.2 Å². The first kappa shape index (κ1) is 19.7. The maximum atomic E-state index is 12.6. The number of carbonyl (C=O) groups is 3. The van der Waals surface area contributed by atoms with Gasteiger partial charge in [0.15, 0.2) is 11.9 Å². The van der Waals surface area contributed by atoms with Crippen LogP contribution in [0.1, 0.15) is 53.5 Å². The van der Waals surface area contributed by atoms with E-state index in [0.717, 1.165) is 25.7 Å². The number of carbonyl (C=O) groups excluding carboxylic acids is 3. The molecule has 0 bridgehead atoms. The Morgan fingerprint density at radius 1 is 1.04 bits per heavy atom. The van der Waals surface area contributed by atoms with Crippen LogP contribution in [-0.4, -0.2) is 41.9 Å². The van der Waals surface area contributed by atoms with Crippen molar-refractivity contribution in [1.29, 1.82) is 0 Å². The van der Waals surface area contributed by atoms with Crippen molar-refractivity contribution < 1.29 is 23.5 Å². The third-order valence-corrected chi connectivity index (χ3v) is 4.69. The van der Waals surface area contributed by atoms with Gasteiger partial charge in [0.05, 0.1) is 17.5 Å². The summed E-state index contributed by atoms with van der Waals surface area (Å²) < 4.78 is 10.5. The number of para-hydroxylation sites is 1. The molecule has 1 N–H and O–H groups in total. The number of esters is 1. The zero-order valence-corrected chi connectivity index (χ0v) is 15.8. The topological polar surface area (TPSA) is 88.8 Å².